The smallest absolute Gasteiger partial charge is 0.247 e. The Kier molecular flexibility index (Phi) is 4.82. The Balaban J connectivity index is 1.77. The van der Waals surface area contributed by atoms with E-state index in [1.807, 2.05) is 36.1 Å². The summed E-state index contributed by atoms with van der Waals surface area (Å²) in [4.78, 5) is 15.9. The van der Waals surface area contributed by atoms with Gasteiger partial charge < -0.3 is 9.64 Å². The third-order valence-electron chi connectivity index (χ3n) is 4.20. The first-order valence-electron chi connectivity index (χ1n) is 7.86. The molecular weight excluding hydrogens is 306 g/mol. The number of aryl methyl sites for hydroxylation is 1. The molecule has 0 spiro atoms. The second kappa shape index (κ2) is 7.01. The second-order valence-corrected chi connectivity index (χ2v) is 6.76. The highest BCUT2D eigenvalue weighted by molar-refractivity contribution is 7.10. The molecule has 1 aliphatic heterocycles. The fraction of sp³-hybridized carbons (Fsp3) is 0.316. The van der Waals surface area contributed by atoms with E-state index in [0.29, 0.717) is 0 Å². The van der Waals surface area contributed by atoms with Gasteiger partial charge in [0.25, 0.3) is 0 Å². The number of rotatable bonds is 4. The first-order chi connectivity index (χ1) is 11.2. The van der Waals surface area contributed by atoms with Crippen LogP contribution in [0, 0.1) is 6.92 Å². The molecule has 1 aromatic carbocycles. The number of thiophene rings is 1. The van der Waals surface area contributed by atoms with Crippen molar-refractivity contribution in [2.45, 2.75) is 25.8 Å². The molecule has 2 aromatic rings. The van der Waals surface area contributed by atoms with Crippen molar-refractivity contribution in [3.05, 3.63) is 57.8 Å². The standard InChI is InChI=1S/C19H21NO2S/c1-14-7-9-17(22-2)15(13-14)8-10-19(21)20-11-3-5-16(20)18-6-4-12-23-18/h4,6-10,12-13,16H,3,5,11H2,1-2H3/b10-8+. The predicted octanol–water partition coefficient (Wildman–Crippen LogP) is 4.44. The minimum Gasteiger partial charge on any atom is -0.496 e. The number of hydrogen-bond acceptors (Lipinski definition) is 3. The van der Waals surface area contributed by atoms with Crippen molar-refractivity contribution < 1.29 is 9.53 Å². The highest BCUT2D eigenvalue weighted by Gasteiger charge is 2.29. The molecule has 4 heteroatoms. The van der Waals surface area contributed by atoms with Crippen LogP contribution in [-0.2, 0) is 4.79 Å². The lowest BCUT2D eigenvalue weighted by Gasteiger charge is -2.22. The van der Waals surface area contributed by atoms with E-state index in [0.717, 1.165) is 36.3 Å². The molecule has 0 bridgehead atoms. The first-order valence-corrected chi connectivity index (χ1v) is 8.73. The van der Waals surface area contributed by atoms with Crippen molar-refractivity contribution in [1.29, 1.82) is 0 Å². The number of benzene rings is 1. The number of hydrogen-bond donors (Lipinski definition) is 0. The number of carbonyl (C=O) groups is 1. The van der Waals surface area contributed by atoms with Crippen LogP contribution in [0.4, 0.5) is 0 Å². The number of ether oxygens (including phenoxy) is 1. The Morgan fingerprint density at radius 2 is 2.26 bits per heavy atom. The van der Waals surface area contributed by atoms with Crippen LogP contribution < -0.4 is 4.74 Å². The molecule has 1 unspecified atom stereocenters. The zero-order valence-electron chi connectivity index (χ0n) is 13.5. The zero-order valence-corrected chi connectivity index (χ0v) is 14.3. The summed E-state index contributed by atoms with van der Waals surface area (Å²) in [5, 5.41) is 2.07. The summed E-state index contributed by atoms with van der Waals surface area (Å²) in [5.41, 5.74) is 2.09. The molecular formula is C19H21NO2S. The van der Waals surface area contributed by atoms with E-state index in [2.05, 4.69) is 17.5 Å². The third kappa shape index (κ3) is 3.48. The van der Waals surface area contributed by atoms with Crippen LogP contribution in [0.5, 0.6) is 5.75 Å². The van der Waals surface area contributed by atoms with Crippen molar-refractivity contribution in [3.8, 4) is 5.75 Å². The van der Waals surface area contributed by atoms with Crippen LogP contribution in [0.15, 0.2) is 41.8 Å². The molecule has 23 heavy (non-hydrogen) atoms. The molecule has 0 radical (unpaired) electrons. The van der Waals surface area contributed by atoms with Gasteiger partial charge in [0.05, 0.1) is 13.2 Å². The Morgan fingerprint density at radius 1 is 1.39 bits per heavy atom. The van der Waals surface area contributed by atoms with Crippen LogP contribution >= 0.6 is 11.3 Å². The summed E-state index contributed by atoms with van der Waals surface area (Å²) >= 11 is 1.73. The lowest BCUT2D eigenvalue weighted by molar-refractivity contribution is -0.126. The number of carbonyl (C=O) groups excluding carboxylic acids is 1. The summed E-state index contributed by atoms with van der Waals surface area (Å²) in [6.07, 6.45) is 5.64. The van der Waals surface area contributed by atoms with Crippen LogP contribution in [0.1, 0.15) is 34.9 Å². The van der Waals surface area contributed by atoms with E-state index in [1.54, 1.807) is 24.5 Å². The molecule has 0 aliphatic carbocycles. The monoisotopic (exact) mass is 327 g/mol. The SMILES string of the molecule is COc1ccc(C)cc1/C=C/C(=O)N1CCCC1c1cccs1. The highest BCUT2D eigenvalue weighted by atomic mass is 32.1. The van der Waals surface area contributed by atoms with Gasteiger partial charge >= 0.3 is 0 Å². The minimum atomic E-state index is 0.0736. The molecule has 120 valence electrons. The van der Waals surface area contributed by atoms with Gasteiger partial charge in [0.15, 0.2) is 0 Å². The summed E-state index contributed by atoms with van der Waals surface area (Å²) < 4.78 is 5.36. The van der Waals surface area contributed by atoms with Crippen molar-refractivity contribution in [2.75, 3.05) is 13.7 Å². The zero-order chi connectivity index (χ0) is 16.2. The Hall–Kier alpha value is -2.07. The maximum absolute atomic E-state index is 12.6. The van der Waals surface area contributed by atoms with Crippen molar-refractivity contribution in [3.63, 3.8) is 0 Å². The summed E-state index contributed by atoms with van der Waals surface area (Å²) in [7, 11) is 1.65. The fourth-order valence-corrected chi connectivity index (χ4v) is 3.92. The highest BCUT2D eigenvalue weighted by Crippen LogP contribution is 2.34. The quantitative estimate of drug-likeness (QED) is 0.777. The molecule has 1 fully saturated rings. The average Bonchev–Trinajstić information content (AvgIpc) is 3.23. The first kappa shape index (κ1) is 15.8. The van der Waals surface area contributed by atoms with Crippen molar-refractivity contribution >= 4 is 23.3 Å². The molecule has 0 N–H and O–H groups in total. The van der Waals surface area contributed by atoms with Gasteiger partial charge in [-0.05, 0) is 49.4 Å². The number of nitrogens with zero attached hydrogens (tertiary/aromatic N) is 1. The van der Waals surface area contributed by atoms with Crippen LogP contribution in [-0.4, -0.2) is 24.5 Å². The van der Waals surface area contributed by atoms with E-state index >= 15 is 0 Å². The lowest BCUT2D eigenvalue weighted by Crippen LogP contribution is -2.28. The molecule has 3 nitrogen and oxygen atoms in total. The predicted molar refractivity (Wildman–Crippen MR) is 94.8 cm³/mol. The van der Waals surface area contributed by atoms with Crippen molar-refractivity contribution in [2.24, 2.45) is 0 Å². The summed E-state index contributed by atoms with van der Waals surface area (Å²) in [5.74, 6) is 0.861. The molecule has 1 atom stereocenters. The molecule has 0 saturated carbocycles. The molecule has 1 amide bonds. The summed E-state index contributed by atoms with van der Waals surface area (Å²) in [6, 6.07) is 10.4. The Morgan fingerprint density at radius 3 is 3.00 bits per heavy atom. The van der Waals surface area contributed by atoms with Gasteiger partial charge in [-0.2, -0.15) is 0 Å². The van der Waals surface area contributed by atoms with E-state index in [4.69, 9.17) is 4.74 Å². The Bertz CT molecular complexity index is 706. The van der Waals surface area contributed by atoms with Crippen LogP contribution in [0.2, 0.25) is 0 Å². The molecule has 2 heterocycles. The molecule has 3 rings (SSSR count). The number of likely N-dealkylation sites (tertiary alicyclic amines) is 1. The van der Waals surface area contributed by atoms with E-state index in [1.165, 1.54) is 4.88 Å². The van der Waals surface area contributed by atoms with Gasteiger partial charge in [-0.1, -0.05) is 17.7 Å². The topological polar surface area (TPSA) is 29.5 Å². The fourth-order valence-electron chi connectivity index (χ4n) is 3.05. The normalized spacial score (nSPS) is 17.8. The van der Waals surface area contributed by atoms with E-state index < -0.39 is 0 Å². The maximum atomic E-state index is 12.6. The lowest BCUT2D eigenvalue weighted by atomic mass is 10.1. The van der Waals surface area contributed by atoms with Crippen LogP contribution in [0.25, 0.3) is 6.08 Å². The van der Waals surface area contributed by atoms with Gasteiger partial charge in [-0.3, -0.25) is 4.79 Å². The van der Waals surface area contributed by atoms with E-state index in [9.17, 15) is 4.79 Å². The largest absolute Gasteiger partial charge is 0.496 e. The van der Waals surface area contributed by atoms with Gasteiger partial charge in [-0.15, -0.1) is 11.3 Å². The van der Waals surface area contributed by atoms with Gasteiger partial charge in [0, 0.05) is 23.1 Å². The molecule has 1 saturated heterocycles. The number of methoxy groups -OCH3 is 1. The van der Waals surface area contributed by atoms with Gasteiger partial charge in [0.2, 0.25) is 5.91 Å². The minimum absolute atomic E-state index is 0.0736. The average molecular weight is 327 g/mol. The maximum Gasteiger partial charge on any atom is 0.247 e. The van der Waals surface area contributed by atoms with Gasteiger partial charge in [-0.25, -0.2) is 0 Å². The second-order valence-electron chi connectivity index (χ2n) is 5.78. The van der Waals surface area contributed by atoms with E-state index in [-0.39, 0.29) is 11.9 Å². The summed E-state index contributed by atoms with van der Waals surface area (Å²) in [6.45, 7) is 2.86. The Labute approximate surface area is 141 Å². The van der Waals surface area contributed by atoms with Crippen molar-refractivity contribution in [1.82, 2.24) is 4.90 Å². The van der Waals surface area contributed by atoms with Gasteiger partial charge in [0.1, 0.15) is 5.75 Å². The third-order valence-corrected chi connectivity index (χ3v) is 5.17. The number of amides is 1. The molecule has 1 aliphatic rings. The molecule has 1 aromatic heterocycles. The van der Waals surface area contributed by atoms with Crippen LogP contribution in [0.3, 0.4) is 0 Å².